The van der Waals surface area contributed by atoms with Crippen LogP contribution in [0.5, 0.6) is 0 Å². The largest absolute Gasteiger partial charge is 0.344 e. The molecule has 0 spiro atoms. The van der Waals surface area contributed by atoms with E-state index in [1.165, 1.54) is 0 Å². The summed E-state index contributed by atoms with van der Waals surface area (Å²) < 4.78 is 10.2. The number of amides is 1. The third-order valence-corrected chi connectivity index (χ3v) is 1.53. The van der Waals surface area contributed by atoms with Crippen molar-refractivity contribution in [3.63, 3.8) is 0 Å². The molecule has 0 saturated heterocycles. The van der Waals surface area contributed by atoms with Gasteiger partial charge in [-0.3, -0.25) is 9.36 Å². The van der Waals surface area contributed by atoms with Crippen LogP contribution < -0.4 is 5.32 Å². The summed E-state index contributed by atoms with van der Waals surface area (Å²) in [6.45, 7) is 1.82. The Morgan fingerprint density at radius 2 is 2.09 bits per heavy atom. The van der Waals surface area contributed by atoms with E-state index in [-0.39, 0.29) is 5.91 Å². The summed E-state index contributed by atoms with van der Waals surface area (Å²) in [5, 5.41) is 2.12. The zero-order valence-electron chi connectivity index (χ0n) is 6.28. The van der Waals surface area contributed by atoms with Crippen LogP contribution in [0.4, 0.5) is 0 Å². The Kier molecular flexibility index (Phi) is 4.33. The Labute approximate surface area is 65.0 Å². The monoisotopic (exact) mass is 181 g/mol. The fourth-order valence-electron chi connectivity index (χ4n) is 0.507. The third-order valence-electron chi connectivity index (χ3n) is 0.959. The van der Waals surface area contributed by atoms with E-state index in [2.05, 4.69) is 5.32 Å². The molecule has 0 aromatic carbocycles. The maximum absolute atomic E-state index is 10.6. The summed E-state index contributed by atoms with van der Waals surface area (Å²) >= 11 is 0. The Hall–Kier alpha value is -0.380. The molecule has 1 amide bonds. The van der Waals surface area contributed by atoms with Crippen LogP contribution in [0.15, 0.2) is 0 Å². The second kappa shape index (κ2) is 4.49. The summed E-state index contributed by atoms with van der Waals surface area (Å²) in [4.78, 5) is 27.3. The van der Waals surface area contributed by atoms with Gasteiger partial charge in [0.1, 0.15) is 6.29 Å². The van der Waals surface area contributed by atoms with Crippen molar-refractivity contribution in [2.45, 2.75) is 19.8 Å². The molecule has 5 nitrogen and oxygen atoms in total. The standard InChI is InChI=1S/C5H12NO4P/c1-2-3-5(7)6-4-11(8,9)10/h2-4H2,1H3,(H,6,7)(H2,8,9,10). The number of rotatable bonds is 4. The maximum Gasteiger partial charge on any atom is 0.344 e. The predicted molar refractivity (Wildman–Crippen MR) is 40.0 cm³/mol. The number of hydrogen-bond donors (Lipinski definition) is 3. The molecule has 0 aliphatic heterocycles. The van der Waals surface area contributed by atoms with Gasteiger partial charge in [0.25, 0.3) is 0 Å². The van der Waals surface area contributed by atoms with Gasteiger partial charge in [-0.15, -0.1) is 0 Å². The SMILES string of the molecule is CCCC(=O)NCP(=O)(O)O. The quantitative estimate of drug-likeness (QED) is 0.534. The zero-order valence-corrected chi connectivity index (χ0v) is 7.17. The van der Waals surface area contributed by atoms with Gasteiger partial charge in [0.15, 0.2) is 0 Å². The molecule has 6 heteroatoms. The first-order valence-electron chi connectivity index (χ1n) is 3.27. The van der Waals surface area contributed by atoms with Gasteiger partial charge in [0, 0.05) is 6.42 Å². The summed E-state index contributed by atoms with van der Waals surface area (Å²) in [7, 11) is -4.08. The van der Waals surface area contributed by atoms with Crippen LogP contribution >= 0.6 is 7.60 Å². The van der Waals surface area contributed by atoms with Crippen LogP contribution in [0.25, 0.3) is 0 Å². The third kappa shape index (κ3) is 7.52. The lowest BCUT2D eigenvalue weighted by atomic mass is 10.3. The second-order valence-corrected chi connectivity index (χ2v) is 3.82. The van der Waals surface area contributed by atoms with Crippen molar-refractivity contribution in [3.8, 4) is 0 Å². The predicted octanol–water partition coefficient (Wildman–Crippen LogP) is 0.0379. The van der Waals surface area contributed by atoms with E-state index in [9.17, 15) is 9.36 Å². The smallest absolute Gasteiger partial charge is 0.344 e. The Balaban J connectivity index is 3.55. The van der Waals surface area contributed by atoms with Crippen molar-refractivity contribution in [1.82, 2.24) is 5.32 Å². The fourth-order valence-corrected chi connectivity index (χ4v) is 0.889. The van der Waals surface area contributed by atoms with E-state index in [4.69, 9.17) is 9.79 Å². The molecular formula is C5H12NO4P. The number of nitrogens with one attached hydrogen (secondary N) is 1. The Morgan fingerprint density at radius 1 is 1.55 bits per heavy atom. The molecule has 0 atom stereocenters. The zero-order chi connectivity index (χ0) is 8.91. The highest BCUT2D eigenvalue weighted by Gasteiger charge is 2.13. The molecular weight excluding hydrogens is 169 g/mol. The summed E-state index contributed by atoms with van der Waals surface area (Å²) in [5.41, 5.74) is 0. The highest BCUT2D eigenvalue weighted by molar-refractivity contribution is 7.51. The number of hydrogen-bond acceptors (Lipinski definition) is 2. The first-order valence-corrected chi connectivity index (χ1v) is 5.06. The van der Waals surface area contributed by atoms with Gasteiger partial charge < -0.3 is 15.1 Å². The molecule has 66 valence electrons. The lowest BCUT2D eigenvalue weighted by molar-refractivity contribution is -0.120. The lowest BCUT2D eigenvalue weighted by Crippen LogP contribution is -2.23. The van der Waals surface area contributed by atoms with Crippen molar-refractivity contribution >= 4 is 13.5 Å². The van der Waals surface area contributed by atoms with Crippen LogP contribution in [-0.2, 0) is 9.36 Å². The molecule has 0 fully saturated rings. The van der Waals surface area contributed by atoms with E-state index in [0.29, 0.717) is 12.8 Å². The number of carbonyl (C=O) groups is 1. The van der Waals surface area contributed by atoms with E-state index in [1.807, 2.05) is 6.92 Å². The molecule has 11 heavy (non-hydrogen) atoms. The minimum atomic E-state index is -4.08. The topological polar surface area (TPSA) is 86.6 Å². The number of carbonyl (C=O) groups excluding carboxylic acids is 1. The normalized spacial score (nSPS) is 11.2. The van der Waals surface area contributed by atoms with Gasteiger partial charge in [-0.25, -0.2) is 0 Å². The second-order valence-electron chi connectivity index (χ2n) is 2.17. The molecule has 0 aromatic heterocycles. The summed E-state index contributed by atoms with van der Waals surface area (Å²) in [6, 6.07) is 0. The highest BCUT2D eigenvalue weighted by atomic mass is 31.2. The summed E-state index contributed by atoms with van der Waals surface area (Å²) in [5.74, 6) is -0.323. The Morgan fingerprint density at radius 3 is 2.45 bits per heavy atom. The molecule has 0 heterocycles. The maximum atomic E-state index is 10.6. The molecule has 3 N–H and O–H groups in total. The van der Waals surface area contributed by atoms with E-state index in [0.717, 1.165) is 0 Å². The molecule has 0 radical (unpaired) electrons. The Bertz CT molecular complexity index is 175. The fraction of sp³-hybridized carbons (Fsp3) is 0.800. The van der Waals surface area contributed by atoms with Crippen molar-refractivity contribution in [1.29, 1.82) is 0 Å². The van der Waals surface area contributed by atoms with Gasteiger partial charge in [0.2, 0.25) is 5.91 Å². The average Bonchev–Trinajstić information content (AvgIpc) is 1.83. The molecule has 0 aliphatic carbocycles. The van der Waals surface area contributed by atoms with Gasteiger partial charge >= 0.3 is 7.60 Å². The van der Waals surface area contributed by atoms with Crippen molar-refractivity contribution in [3.05, 3.63) is 0 Å². The molecule has 0 aliphatic rings. The van der Waals surface area contributed by atoms with Crippen LogP contribution in [0.1, 0.15) is 19.8 Å². The van der Waals surface area contributed by atoms with E-state index >= 15 is 0 Å². The van der Waals surface area contributed by atoms with Crippen LogP contribution in [-0.4, -0.2) is 22.0 Å². The minimum Gasteiger partial charge on any atom is -0.344 e. The molecule has 0 unspecified atom stereocenters. The van der Waals surface area contributed by atoms with Crippen LogP contribution in [0.2, 0.25) is 0 Å². The molecule has 0 aromatic rings. The van der Waals surface area contributed by atoms with E-state index in [1.54, 1.807) is 0 Å². The average molecular weight is 181 g/mol. The first-order chi connectivity index (χ1) is 4.95. The van der Waals surface area contributed by atoms with Gasteiger partial charge in [-0.1, -0.05) is 6.92 Å². The highest BCUT2D eigenvalue weighted by Crippen LogP contribution is 2.31. The van der Waals surface area contributed by atoms with Crippen LogP contribution in [0.3, 0.4) is 0 Å². The minimum absolute atomic E-state index is 0.306. The lowest BCUT2D eigenvalue weighted by Gasteiger charge is -2.04. The van der Waals surface area contributed by atoms with Crippen molar-refractivity contribution in [2.24, 2.45) is 0 Å². The van der Waals surface area contributed by atoms with Crippen molar-refractivity contribution in [2.75, 3.05) is 6.29 Å². The van der Waals surface area contributed by atoms with Crippen molar-refractivity contribution < 1.29 is 19.1 Å². The molecule has 0 bridgehead atoms. The molecule has 0 saturated carbocycles. The van der Waals surface area contributed by atoms with E-state index < -0.39 is 13.9 Å². The van der Waals surface area contributed by atoms with Crippen LogP contribution in [0, 0.1) is 0 Å². The van der Waals surface area contributed by atoms with Gasteiger partial charge in [-0.05, 0) is 6.42 Å². The van der Waals surface area contributed by atoms with Gasteiger partial charge in [-0.2, -0.15) is 0 Å². The first kappa shape index (κ1) is 10.6. The van der Waals surface area contributed by atoms with Gasteiger partial charge in [0.05, 0.1) is 0 Å². The summed E-state index contributed by atoms with van der Waals surface area (Å²) in [6.07, 6.45) is 0.416. The molecule has 0 rings (SSSR count).